The van der Waals surface area contributed by atoms with E-state index < -0.39 is 0 Å². The van der Waals surface area contributed by atoms with Crippen LogP contribution in [-0.4, -0.2) is 21.3 Å². The minimum absolute atomic E-state index is 0.600. The van der Waals surface area contributed by atoms with Crippen LogP contribution in [0.15, 0.2) is 163 Å². The first-order valence-corrected chi connectivity index (χ1v) is 18.1. The van der Waals surface area contributed by atoms with Gasteiger partial charge in [0.15, 0.2) is 5.82 Å². The van der Waals surface area contributed by atoms with Gasteiger partial charge in [0.05, 0.1) is 16.7 Å². The second-order valence-electron chi connectivity index (χ2n) is 12.9. The molecule has 52 heavy (non-hydrogen) atoms. The van der Waals surface area contributed by atoms with Crippen molar-refractivity contribution in [3.8, 4) is 39.5 Å². The number of fused-ring (bicyclic) bond motifs is 10. The van der Waals surface area contributed by atoms with Crippen LogP contribution in [0.3, 0.4) is 0 Å². The first kappa shape index (κ1) is 30.2. The van der Waals surface area contributed by atoms with Crippen molar-refractivity contribution in [3.05, 3.63) is 164 Å². The van der Waals surface area contributed by atoms with Gasteiger partial charge in [-0.2, -0.15) is 0 Å². The van der Waals surface area contributed by atoms with Crippen LogP contribution in [-0.2, 0) is 0 Å². The van der Waals surface area contributed by atoms with E-state index in [1.54, 1.807) is 6.08 Å². The summed E-state index contributed by atoms with van der Waals surface area (Å²) in [5.41, 5.74) is 9.49. The molecule has 10 aromatic rings. The lowest BCUT2D eigenvalue weighted by Crippen LogP contribution is -1.99. The summed E-state index contributed by atoms with van der Waals surface area (Å²) in [6, 6.07) is 53.7. The predicted molar refractivity (Wildman–Crippen MR) is 222 cm³/mol. The van der Waals surface area contributed by atoms with Gasteiger partial charge in [-0.1, -0.05) is 134 Å². The molecule has 0 aliphatic heterocycles. The Kier molecular flexibility index (Phi) is 6.95. The Morgan fingerprint density at radius 3 is 2.02 bits per heavy atom. The minimum atomic E-state index is 0.600. The molecule has 0 fully saturated rings. The minimum Gasteiger partial charge on any atom is -0.309 e. The summed E-state index contributed by atoms with van der Waals surface area (Å²) in [4.78, 5) is 14.5. The van der Waals surface area contributed by atoms with Gasteiger partial charge in [-0.05, 0) is 48.2 Å². The second-order valence-corrected chi connectivity index (χ2v) is 14.0. The molecule has 0 saturated heterocycles. The van der Waals surface area contributed by atoms with Crippen molar-refractivity contribution in [2.24, 2.45) is 4.99 Å². The number of nitrogens with zero attached hydrogens (tertiary/aromatic N) is 4. The number of rotatable bonds is 6. The highest BCUT2D eigenvalue weighted by atomic mass is 32.1. The fourth-order valence-electron chi connectivity index (χ4n) is 7.72. The lowest BCUT2D eigenvalue weighted by atomic mass is 10.00. The Labute approximate surface area is 304 Å². The van der Waals surface area contributed by atoms with Gasteiger partial charge in [0.1, 0.15) is 11.4 Å². The number of para-hydroxylation sites is 1. The third-order valence-corrected chi connectivity index (χ3v) is 11.2. The van der Waals surface area contributed by atoms with Gasteiger partial charge in [-0.3, -0.25) is 4.99 Å². The Bertz CT molecular complexity index is 3040. The molecule has 244 valence electrons. The van der Waals surface area contributed by atoms with E-state index in [0.29, 0.717) is 17.2 Å². The van der Waals surface area contributed by atoms with Crippen LogP contribution in [0.4, 0.5) is 5.69 Å². The summed E-state index contributed by atoms with van der Waals surface area (Å²) in [6.45, 7) is 7.96. The van der Waals surface area contributed by atoms with Crippen LogP contribution in [0.5, 0.6) is 0 Å². The lowest BCUT2D eigenvalue weighted by Gasteiger charge is -2.14. The summed E-state index contributed by atoms with van der Waals surface area (Å²) in [5.74, 6) is 0.600. The predicted octanol–water partition coefficient (Wildman–Crippen LogP) is 13.1. The first-order chi connectivity index (χ1) is 25.7. The highest BCUT2D eigenvalue weighted by Crippen LogP contribution is 2.48. The molecule has 10 rings (SSSR count). The molecule has 0 bridgehead atoms. The van der Waals surface area contributed by atoms with Gasteiger partial charge in [0, 0.05) is 58.5 Å². The van der Waals surface area contributed by atoms with Gasteiger partial charge < -0.3 is 4.57 Å². The number of hydrogen-bond acceptors (Lipinski definition) is 4. The highest BCUT2D eigenvalue weighted by molar-refractivity contribution is 7.27. The first-order valence-electron chi connectivity index (χ1n) is 17.2. The fraction of sp³-hybridized carbons (Fsp3) is 0. The van der Waals surface area contributed by atoms with E-state index in [9.17, 15) is 0 Å². The Morgan fingerprint density at radius 2 is 1.23 bits per heavy atom. The van der Waals surface area contributed by atoms with E-state index in [4.69, 9.17) is 9.97 Å². The standard InChI is InChI=1S/C47H30N4S/c1-3-38-44(48-2)43(31-26-24-30(25-27-31)29-14-5-4-6-15-29)50-47(49-38)32-16-13-17-33(28-32)51-39-22-11-9-20-36(39)41-42-37-21-10-12-23-40(37)52-46(42)35-19-8-7-18-34(35)45(41)51/h3-28H,1-2H2. The van der Waals surface area contributed by atoms with Gasteiger partial charge >= 0.3 is 0 Å². The zero-order valence-corrected chi connectivity index (χ0v) is 28.9. The molecule has 3 aromatic heterocycles. The van der Waals surface area contributed by atoms with Gasteiger partial charge in [0.25, 0.3) is 0 Å². The molecule has 0 amide bonds. The number of aromatic nitrogens is 3. The third-order valence-electron chi connectivity index (χ3n) is 10.0. The van der Waals surface area contributed by atoms with Crippen molar-refractivity contribution in [1.29, 1.82) is 0 Å². The molecule has 4 nitrogen and oxygen atoms in total. The maximum Gasteiger partial charge on any atom is 0.160 e. The van der Waals surface area contributed by atoms with E-state index in [2.05, 4.69) is 168 Å². The number of aliphatic imine (C=N–C) groups is 1. The second kappa shape index (κ2) is 12.0. The van der Waals surface area contributed by atoms with Gasteiger partial charge in [0.2, 0.25) is 0 Å². The van der Waals surface area contributed by atoms with Crippen molar-refractivity contribution in [1.82, 2.24) is 14.5 Å². The molecule has 5 heteroatoms. The Balaban J connectivity index is 1.21. The van der Waals surface area contributed by atoms with Crippen molar-refractivity contribution >= 4 is 82.6 Å². The number of thiophene rings is 1. The van der Waals surface area contributed by atoms with Crippen molar-refractivity contribution < 1.29 is 0 Å². The van der Waals surface area contributed by atoms with E-state index in [-0.39, 0.29) is 0 Å². The van der Waals surface area contributed by atoms with Crippen LogP contribution in [0.1, 0.15) is 5.69 Å². The molecule has 0 unspecified atom stereocenters. The third kappa shape index (κ3) is 4.57. The zero-order chi connectivity index (χ0) is 34.8. The smallest absolute Gasteiger partial charge is 0.160 e. The molecule has 0 radical (unpaired) electrons. The Hall–Kier alpha value is -6.69. The molecule has 0 spiro atoms. The Morgan fingerprint density at radius 1 is 0.577 bits per heavy atom. The van der Waals surface area contributed by atoms with Crippen molar-refractivity contribution in [3.63, 3.8) is 0 Å². The summed E-state index contributed by atoms with van der Waals surface area (Å²) >= 11 is 1.88. The quantitative estimate of drug-likeness (QED) is 0.164. The van der Waals surface area contributed by atoms with Crippen LogP contribution < -0.4 is 0 Å². The largest absolute Gasteiger partial charge is 0.309 e. The average Bonchev–Trinajstić information content (AvgIpc) is 3.77. The number of hydrogen-bond donors (Lipinski definition) is 0. The molecule has 0 aliphatic carbocycles. The molecular formula is C47H30N4S. The van der Waals surface area contributed by atoms with Crippen LogP contribution >= 0.6 is 11.3 Å². The molecule has 0 saturated carbocycles. The fourth-order valence-corrected chi connectivity index (χ4v) is 8.97. The molecule has 0 atom stereocenters. The summed E-state index contributed by atoms with van der Waals surface area (Å²) in [7, 11) is 0. The van der Waals surface area contributed by atoms with Crippen LogP contribution in [0.25, 0.3) is 98.3 Å². The molecule has 0 aliphatic rings. The van der Waals surface area contributed by atoms with Gasteiger partial charge in [-0.15, -0.1) is 11.3 Å². The monoisotopic (exact) mass is 682 g/mol. The topological polar surface area (TPSA) is 43.1 Å². The molecule has 7 aromatic carbocycles. The summed E-state index contributed by atoms with van der Waals surface area (Å²) in [6.07, 6.45) is 1.73. The molecular weight excluding hydrogens is 653 g/mol. The maximum absolute atomic E-state index is 5.16. The summed E-state index contributed by atoms with van der Waals surface area (Å²) in [5, 5.41) is 7.61. The van der Waals surface area contributed by atoms with E-state index in [0.717, 1.165) is 39.2 Å². The van der Waals surface area contributed by atoms with Crippen LogP contribution in [0.2, 0.25) is 0 Å². The van der Waals surface area contributed by atoms with Crippen molar-refractivity contribution in [2.45, 2.75) is 0 Å². The maximum atomic E-state index is 5.16. The van der Waals surface area contributed by atoms with Crippen molar-refractivity contribution in [2.75, 3.05) is 0 Å². The zero-order valence-electron chi connectivity index (χ0n) is 28.1. The van der Waals surface area contributed by atoms with E-state index >= 15 is 0 Å². The average molecular weight is 683 g/mol. The van der Waals surface area contributed by atoms with E-state index in [1.807, 2.05) is 17.4 Å². The summed E-state index contributed by atoms with van der Waals surface area (Å²) < 4.78 is 5.04. The molecule has 0 N–H and O–H groups in total. The highest BCUT2D eigenvalue weighted by Gasteiger charge is 2.22. The SMILES string of the molecule is C=Cc1nc(-c2cccc(-n3c4ccccc4c4c5c6ccccc6sc5c5ccccc5c43)c2)nc(-c2ccc(-c3ccccc3)cc2)c1N=C. The normalized spacial score (nSPS) is 11.6. The lowest BCUT2D eigenvalue weighted by molar-refractivity contribution is 1.14. The van der Waals surface area contributed by atoms with Crippen LogP contribution in [0, 0.1) is 0 Å². The van der Waals surface area contributed by atoms with E-state index in [1.165, 1.54) is 47.2 Å². The number of benzene rings is 7. The molecule has 3 heterocycles. The van der Waals surface area contributed by atoms with Gasteiger partial charge in [-0.25, -0.2) is 9.97 Å².